The van der Waals surface area contributed by atoms with Crippen LogP contribution in [0.1, 0.15) is 54.4 Å². The van der Waals surface area contributed by atoms with E-state index >= 15 is 0 Å². The molecule has 0 atom stereocenters. The molecule has 1 N–H and O–H groups in total. The normalized spacial score (nSPS) is 34.6. The number of methoxy groups -OCH3 is 1. The van der Waals surface area contributed by atoms with Crippen molar-refractivity contribution in [2.45, 2.75) is 50.6 Å². The molecular weight excluding hydrogens is 293 g/mol. The van der Waals surface area contributed by atoms with Gasteiger partial charge in [-0.3, -0.25) is 0 Å². The van der Waals surface area contributed by atoms with Crippen LogP contribution in [0.5, 0.6) is 0 Å². The molecule has 4 fully saturated rings. The molecule has 1 aromatic carbocycles. The number of hydrogen-bond donors (Lipinski definition) is 1. The van der Waals surface area contributed by atoms with Crippen LogP contribution in [-0.2, 0) is 11.3 Å². The molecule has 4 bridgehead atoms. The second kappa shape index (κ2) is 5.59. The molecule has 0 spiro atoms. The van der Waals surface area contributed by atoms with Crippen molar-refractivity contribution < 1.29 is 13.9 Å². The van der Waals surface area contributed by atoms with E-state index in [2.05, 4.69) is 10.1 Å². The summed E-state index contributed by atoms with van der Waals surface area (Å²) in [7, 11) is 1.31. The van der Waals surface area contributed by atoms with Crippen molar-refractivity contribution in [2.24, 2.45) is 17.8 Å². The van der Waals surface area contributed by atoms with Gasteiger partial charge >= 0.3 is 5.97 Å². The van der Waals surface area contributed by atoms with Crippen LogP contribution in [0.15, 0.2) is 18.2 Å². The summed E-state index contributed by atoms with van der Waals surface area (Å²) in [5.74, 6) is 1.80. The van der Waals surface area contributed by atoms with E-state index in [9.17, 15) is 9.18 Å². The molecule has 1 aromatic rings. The molecule has 0 heterocycles. The zero-order valence-electron chi connectivity index (χ0n) is 13.6. The fourth-order valence-electron chi connectivity index (χ4n) is 5.55. The van der Waals surface area contributed by atoms with E-state index in [1.165, 1.54) is 51.7 Å². The quantitative estimate of drug-likeness (QED) is 0.861. The molecule has 0 radical (unpaired) electrons. The third kappa shape index (κ3) is 2.78. The fourth-order valence-corrected chi connectivity index (χ4v) is 5.55. The van der Waals surface area contributed by atoms with E-state index < -0.39 is 5.97 Å². The lowest BCUT2D eigenvalue weighted by atomic mass is 9.53. The number of rotatable bonds is 4. The van der Waals surface area contributed by atoms with Crippen molar-refractivity contribution in [3.63, 3.8) is 0 Å². The van der Waals surface area contributed by atoms with Crippen molar-refractivity contribution >= 4 is 5.97 Å². The van der Waals surface area contributed by atoms with Crippen molar-refractivity contribution in [1.82, 2.24) is 5.32 Å². The number of halogens is 1. The van der Waals surface area contributed by atoms with Crippen LogP contribution in [0.3, 0.4) is 0 Å². The Bertz CT molecular complexity index is 593. The maximum absolute atomic E-state index is 14.3. The molecule has 23 heavy (non-hydrogen) atoms. The third-order valence-electron chi connectivity index (χ3n) is 6.17. The highest BCUT2D eigenvalue weighted by atomic mass is 19.1. The molecular formula is C19H24FNO2. The van der Waals surface area contributed by atoms with E-state index in [1.807, 2.05) is 0 Å². The zero-order valence-corrected chi connectivity index (χ0v) is 13.6. The van der Waals surface area contributed by atoms with Gasteiger partial charge in [0, 0.05) is 17.6 Å². The van der Waals surface area contributed by atoms with Gasteiger partial charge in [-0.1, -0.05) is 6.07 Å². The van der Waals surface area contributed by atoms with Crippen molar-refractivity contribution in [3.05, 3.63) is 35.1 Å². The summed E-state index contributed by atoms with van der Waals surface area (Å²) < 4.78 is 18.9. The van der Waals surface area contributed by atoms with Crippen LogP contribution in [-0.4, -0.2) is 18.6 Å². The molecule has 4 aliphatic rings. The highest BCUT2D eigenvalue weighted by Gasteiger charge is 2.50. The molecule has 4 aliphatic carbocycles. The standard InChI is InChI=1S/C19H24FNO2/c1-23-18(22)15-2-3-16(17(20)7-15)11-21-19-8-12-4-13(9-19)6-14(5-12)10-19/h2-3,7,12-14,21H,4-6,8-11H2,1H3. The summed E-state index contributed by atoms with van der Waals surface area (Å²) in [4.78, 5) is 11.5. The third-order valence-corrected chi connectivity index (χ3v) is 6.17. The summed E-state index contributed by atoms with van der Waals surface area (Å²) in [6.45, 7) is 0.541. The first-order chi connectivity index (χ1) is 11.1. The van der Waals surface area contributed by atoms with Gasteiger partial charge < -0.3 is 10.1 Å². The Balaban J connectivity index is 1.46. The second-order valence-electron chi connectivity index (χ2n) is 7.85. The minimum absolute atomic E-state index is 0.224. The van der Waals surface area contributed by atoms with Gasteiger partial charge in [-0.25, -0.2) is 9.18 Å². The molecule has 0 aliphatic heterocycles. The lowest BCUT2D eigenvalue weighted by Crippen LogP contribution is -2.58. The monoisotopic (exact) mass is 317 g/mol. The summed E-state index contributed by atoms with van der Waals surface area (Å²) in [5, 5.41) is 3.69. The minimum atomic E-state index is -0.496. The van der Waals surface area contributed by atoms with Gasteiger partial charge in [0.2, 0.25) is 0 Å². The fraction of sp³-hybridized carbons (Fsp3) is 0.632. The number of esters is 1. The van der Waals surface area contributed by atoms with E-state index in [4.69, 9.17) is 0 Å². The predicted molar refractivity (Wildman–Crippen MR) is 85.5 cm³/mol. The summed E-state index contributed by atoms with van der Waals surface area (Å²) in [5.41, 5.74) is 1.12. The van der Waals surface area contributed by atoms with Gasteiger partial charge in [0.25, 0.3) is 0 Å². The number of benzene rings is 1. The number of ether oxygens (including phenoxy) is 1. The SMILES string of the molecule is COC(=O)c1ccc(CNC23CC4CC(CC(C4)C2)C3)c(F)c1. The Morgan fingerprint density at radius 2 is 1.83 bits per heavy atom. The first-order valence-corrected chi connectivity index (χ1v) is 8.69. The Morgan fingerprint density at radius 3 is 2.35 bits per heavy atom. The highest BCUT2D eigenvalue weighted by Crippen LogP contribution is 2.55. The van der Waals surface area contributed by atoms with E-state index in [0.717, 1.165) is 17.8 Å². The first kappa shape index (κ1) is 15.1. The van der Waals surface area contributed by atoms with Crippen LogP contribution >= 0.6 is 0 Å². The van der Waals surface area contributed by atoms with Crippen molar-refractivity contribution in [1.29, 1.82) is 0 Å². The topological polar surface area (TPSA) is 38.3 Å². The summed E-state index contributed by atoms with van der Waals surface area (Å²) in [6, 6.07) is 4.63. The zero-order chi connectivity index (χ0) is 16.0. The van der Waals surface area contributed by atoms with Crippen molar-refractivity contribution in [2.75, 3.05) is 7.11 Å². The van der Waals surface area contributed by atoms with Gasteiger partial charge in [0.05, 0.1) is 12.7 Å². The van der Waals surface area contributed by atoms with Gasteiger partial charge in [-0.05, 0) is 68.4 Å². The van der Waals surface area contributed by atoms with Gasteiger partial charge in [0.1, 0.15) is 5.82 Å². The Hall–Kier alpha value is -1.42. The molecule has 4 saturated carbocycles. The number of hydrogen-bond acceptors (Lipinski definition) is 3. The molecule has 3 nitrogen and oxygen atoms in total. The van der Waals surface area contributed by atoms with E-state index in [0.29, 0.717) is 12.1 Å². The average molecular weight is 317 g/mol. The van der Waals surface area contributed by atoms with E-state index in [-0.39, 0.29) is 16.9 Å². The molecule has 4 heteroatoms. The highest BCUT2D eigenvalue weighted by molar-refractivity contribution is 5.89. The largest absolute Gasteiger partial charge is 0.465 e. The van der Waals surface area contributed by atoms with Crippen molar-refractivity contribution in [3.8, 4) is 0 Å². The lowest BCUT2D eigenvalue weighted by molar-refractivity contribution is -0.0207. The van der Waals surface area contributed by atoms with Gasteiger partial charge in [-0.2, -0.15) is 0 Å². The summed E-state index contributed by atoms with van der Waals surface area (Å²) >= 11 is 0. The van der Waals surface area contributed by atoms with Gasteiger partial charge in [-0.15, -0.1) is 0 Å². The molecule has 0 amide bonds. The smallest absolute Gasteiger partial charge is 0.337 e. The molecule has 0 aromatic heterocycles. The Labute approximate surface area is 136 Å². The predicted octanol–water partition coefficient (Wildman–Crippen LogP) is 3.67. The van der Waals surface area contributed by atoms with Crippen LogP contribution < -0.4 is 5.32 Å². The first-order valence-electron chi connectivity index (χ1n) is 8.69. The number of carbonyl (C=O) groups is 1. The molecule has 0 saturated heterocycles. The lowest BCUT2D eigenvalue weighted by Gasteiger charge is -2.57. The van der Waals surface area contributed by atoms with Crippen LogP contribution in [0, 0.1) is 23.6 Å². The second-order valence-corrected chi connectivity index (χ2v) is 7.85. The van der Waals surface area contributed by atoms with Crippen LogP contribution in [0.4, 0.5) is 4.39 Å². The molecule has 124 valence electrons. The minimum Gasteiger partial charge on any atom is -0.465 e. The maximum Gasteiger partial charge on any atom is 0.337 e. The molecule has 5 rings (SSSR count). The number of nitrogens with one attached hydrogen (secondary N) is 1. The summed E-state index contributed by atoms with van der Waals surface area (Å²) in [6.07, 6.45) is 7.97. The Morgan fingerprint density at radius 1 is 1.22 bits per heavy atom. The molecule has 0 unspecified atom stereocenters. The Kier molecular flexibility index (Phi) is 3.67. The van der Waals surface area contributed by atoms with Gasteiger partial charge in [0.15, 0.2) is 0 Å². The number of carbonyl (C=O) groups excluding carboxylic acids is 1. The maximum atomic E-state index is 14.3. The van der Waals surface area contributed by atoms with Crippen LogP contribution in [0.2, 0.25) is 0 Å². The van der Waals surface area contributed by atoms with Crippen LogP contribution in [0.25, 0.3) is 0 Å². The van der Waals surface area contributed by atoms with E-state index in [1.54, 1.807) is 12.1 Å². The average Bonchev–Trinajstić information content (AvgIpc) is 2.51.